The van der Waals surface area contributed by atoms with Crippen LogP contribution in [0.4, 0.5) is 5.82 Å². The first kappa shape index (κ1) is 24.7. The van der Waals surface area contributed by atoms with Gasteiger partial charge in [-0.15, -0.1) is 0 Å². The van der Waals surface area contributed by atoms with Gasteiger partial charge >= 0.3 is 6.01 Å². The van der Waals surface area contributed by atoms with Gasteiger partial charge in [-0.3, -0.25) is 0 Å². The number of fused-ring (bicyclic) bond motifs is 3. The molecule has 1 atom stereocenters. The fourth-order valence-corrected chi connectivity index (χ4v) is 6.41. The third-order valence-electron chi connectivity index (χ3n) is 8.14. The normalized spacial score (nSPS) is 19.6. The van der Waals surface area contributed by atoms with Crippen molar-refractivity contribution in [2.45, 2.75) is 18.9 Å². The van der Waals surface area contributed by atoms with E-state index in [0.29, 0.717) is 35.5 Å². The Bertz CT molecular complexity index is 1590. The minimum Gasteiger partial charge on any atom is -0.508 e. The third-order valence-corrected chi connectivity index (χ3v) is 8.51. The number of benzene rings is 3. The van der Waals surface area contributed by atoms with Crippen molar-refractivity contribution in [2.75, 3.05) is 58.4 Å². The lowest BCUT2D eigenvalue weighted by atomic mass is 9.96. The smallest absolute Gasteiger partial charge is 0.318 e. The molecule has 1 aliphatic carbocycles. The second-order valence-corrected chi connectivity index (χ2v) is 11.8. The number of anilines is 1. The highest BCUT2D eigenvalue weighted by Crippen LogP contribution is 2.49. The van der Waals surface area contributed by atoms with Crippen molar-refractivity contribution in [3.63, 3.8) is 0 Å². The predicted molar refractivity (Wildman–Crippen MR) is 154 cm³/mol. The molecule has 1 saturated carbocycles. The number of nitrogens with one attached hydrogen (secondary N) is 1. The number of piperazine rings is 1. The first-order valence-corrected chi connectivity index (χ1v) is 13.9. The molecule has 202 valence electrons. The number of phenolic OH excluding ortho intramolecular Hbond substituents is 1. The first-order chi connectivity index (χ1) is 18.9. The highest BCUT2D eigenvalue weighted by molar-refractivity contribution is 6.37. The van der Waals surface area contributed by atoms with Crippen LogP contribution in [0.25, 0.3) is 32.8 Å². The highest BCUT2D eigenvalue weighted by Gasteiger charge is 2.44. The Morgan fingerprint density at radius 1 is 1.18 bits per heavy atom. The van der Waals surface area contributed by atoms with Crippen LogP contribution in [0, 0.1) is 5.41 Å². The molecule has 2 fully saturated rings. The summed E-state index contributed by atoms with van der Waals surface area (Å²) >= 11 is 7.14. The summed E-state index contributed by atoms with van der Waals surface area (Å²) in [6, 6.07) is 14.0. The van der Waals surface area contributed by atoms with E-state index in [0.717, 1.165) is 72.1 Å². The van der Waals surface area contributed by atoms with Crippen LogP contribution in [0.3, 0.4) is 0 Å². The maximum absolute atomic E-state index is 10.6. The van der Waals surface area contributed by atoms with Gasteiger partial charge in [0.05, 0.1) is 28.6 Å². The van der Waals surface area contributed by atoms with E-state index < -0.39 is 0 Å². The Hall–Kier alpha value is -3.33. The summed E-state index contributed by atoms with van der Waals surface area (Å²) in [6.07, 6.45) is 2.29. The zero-order chi connectivity index (χ0) is 26.7. The standard InChI is InChI=1S/C30H32ClN5O3/c1-35(2)16-30(7-8-30)17-39-29-33-24-13-23(22-12-20(37)11-18-5-3-4-6-21(18)22)26(31)27-25(24)28(34-29)36-10-9-32-14-19(36)15-38-27/h3-6,11-13,19,32,37H,7-10,14-17H2,1-2H3/t19-/m1/s1. The lowest BCUT2D eigenvalue weighted by Crippen LogP contribution is -2.53. The van der Waals surface area contributed by atoms with Gasteiger partial charge in [0.2, 0.25) is 0 Å². The molecular formula is C30H32ClN5O3. The fourth-order valence-electron chi connectivity index (χ4n) is 6.10. The Kier molecular flexibility index (Phi) is 5.95. The summed E-state index contributed by atoms with van der Waals surface area (Å²) in [7, 11) is 4.20. The molecule has 0 spiro atoms. The van der Waals surface area contributed by atoms with Crippen molar-refractivity contribution in [3.05, 3.63) is 47.5 Å². The number of rotatable bonds is 6. The molecule has 1 saturated heterocycles. The maximum atomic E-state index is 10.6. The summed E-state index contributed by atoms with van der Waals surface area (Å²) in [5, 5.41) is 17.3. The summed E-state index contributed by atoms with van der Waals surface area (Å²) < 4.78 is 12.8. The number of phenols is 1. The molecule has 2 N–H and O–H groups in total. The number of ether oxygens (including phenoxy) is 2. The Morgan fingerprint density at radius 2 is 2.03 bits per heavy atom. The SMILES string of the molecule is CN(C)CC1(COc2nc3c4c(c(Cl)c(-c5cc(O)cc6ccccc56)cc4n2)OC[C@H]2CNCCN32)CC1. The number of aromatic nitrogens is 2. The van der Waals surface area contributed by atoms with Crippen LogP contribution >= 0.6 is 11.6 Å². The topological polar surface area (TPSA) is 83.0 Å². The Balaban J connectivity index is 1.41. The molecule has 3 aromatic carbocycles. The minimum absolute atomic E-state index is 0.113. The lowest BCUT2D eigenvalue weighted by Gasteiger charge is -2.35. The highest BCUT2D eigenvalue weighted by atomic mass is 35.5. The van der Waals surface area contributed by atoms with E-state index in [1.807, 2.05) is 30.3 Å². The second-order valence-electron chi connectivity index (χ2n) is 11.4. The van der Waals surface area contributed by atoms with Gasteiger partial charge in [-0.25, -0.2) is 0 Å². The van der Waals surface area contributed by atoms with E-state index in [4.69, 9.17) is 31.0 Å². The monoisotopic (exact) mass is 545 g/mol. The van der Waals surface area contributed by atoms with Crippen molar-refractivity contribution in [3.8, 4) is 28.6 Å². The number of hydrogen-bond donors (Lipinski definition) is 2. The summed E-state index contributed by atoms with van der Waals surface area (Å²) in [4.78, 5) is 14.4. The van der Waals surface area contributed by atoms with Gasteiger partial charge in [0, 0.05) is 37.2 Å². The molecule has 2 aliphatic heterocycles. The molecule has 3 aliphatic rings. The first-order valence-electron chi connectivity index (χ1n) is 13.5. The van der Waals surface area contributed by atoms with Crippen molar-refractivity contribution in [1.82, 2.24) is 20.2 Å². The van der Waals surface area contributed by atoms with E-state index in [2.05, 4.69) is 29.2 Å². The molecule has 8 nitrogen and oxygen atoms in total. The quantitative estimate of drug-likeness (QED) is 0.361. The average Bonchev–Trinajstić information content (AvgIpc) is 3.71. The number of halogens is 1. The molecule has 39 heavy (non-hydrogen) atoms. The predicted octanol–water partition coefficient (Wildman–Crippen LogP) is 4.70. The van der Waals surface area contributed by atoms with Crippen LogP contribution < -0.4 is 19.7 Å². The molecule has 9 heteroatoms. The van der Waals surface area contributed by atoms with Gasteiger partial charge in [-0.05, 0) is 61.5 Å². The zero-order valence-corrected chi connectivity index (χ0v) is 23.0. The van der Waals surface area contributed by atoms with Gasteiger partial charge in [-0.2, -0.15) is 9.97 Å². The van der Waals surface area contributed by atoms with Crippen LogP contribution in [0.2, 0.25) is 5.02 Å². The lowest BCUT2D eigenvalue weighted by molar-refractivity contribution is 0.183. The average molecular weight is 546 g/mol. The van der Waals surface area contributed by atoms with Crippen molar-refractivity contribution >= 4 is 39.1 Å². The molecular weight excluding hydrogens is 514 g/mol. The number of nitrogens with zero attached hydrogens (tertiary/aromatic N) is 4. The largest absolute Gasteiger partial charge is 0.508 e. The number of aromatic hydroxyl groups is 1. The van der Waals surface area contributed by atoms with E-state index >= 15 is 0 Å². The van der Waals surface area contributed by atoms with Crippen LogP contribution in [0.1, 0.15) is 12.8 Å². The second kappa shape index (κ2) is 9.40. The Morgan fingerprint density at radius 3 is 2.85 bits per heavy atom. The maximum Gasteiger partial charge on any atom is 0.318 e. The van der Waals surface area contributed by atoms with Crippen molar-refractivity contribution < 1.29 is 14.6 Å². The molecule has 7 rings (SSSR count). The van der Waals surface area contributed by atoms with Gasteiger partial charge < -0.3 is 29.7 Å². The van der Waals surface area contributed by atoms with E-state index in [9.17, 15) is 5.11 Å². The molecule has 0 radical (unpaired) electrons. The van der Waals surface area contributed by atoms with Gasteiger partial charge in [0.1, 0.15) is 18.2 Å². The third kappa shape index (κ3) is 4.40. The van der Waals surface area contributed by atoms with Gasteiger partial charge in [0.25, 0.3) is 0 Å². The van der Waals surface area contributed by atoms with Crippen LogP contribution in [0.15, 0.2) is 42.5 Å². The van der Waals surface area contributed by atoms with Crippen LogP contribution in [0.5, 0.6) is 17.5 Å². The summed E-state index contributed by atoms with van der Waals surface area (Å²) in [5.41, 5.74) is 2.46. The van der Waals surface area contributed by atoms with Crippen LogP contribution in [-0.2, 0) is 0 Å². The molecule has 0 amide bonds. The van der Waals surface area contributed by atoms with E-state index in [1.165, 1.54) is 0 Å². The zero-order valence-electron chi connectivity index (χ0n) is 22.2. The summed E-state index contributed by atoms with van der Waals surface area (Å²) in [5.74, 6) is 1.57. The van der Waals surface area contributed by atoms with Crippen LogP contribution in [-0.4, -0.2) is 79.5 Å². The summed E-state index contributed by atoms with van der Waals surface area (Å²) in [6.45, 7) is 4.51. The van der Waals surface area contributed by atoms with E-state index in [-0.39, 0.29) is 17.2 Å². The molecule has 1 aromatic heterocycles. The minimum atomic E-state index is 0.113. The van der Waals surface area contributed by atoms with Gasteiger partial charge in [-0.1, -0.05) is 35.9 Å². The van der Waals surface area contributed by atoms with E-state index in [1.54, 1.807) is 12.1 Å². The Labute approximate surface area is 232 Å². The molecule has 4 aromatic rings. The van der Waals surface area contributed by atoms with Gasteiger partial charge in [0.15, 0.2) is 5.75 Å². The fraction of sp³-hybridized carbons (Fsp3) is 0.400. The number of hydrogen-bond acceptors (Lipinski definition) is 8. The van der Waals surface area contributed by atoms with Crippen molar-refractivity contribution in [1.29, 1.82) is 0 Å². The molecule has 0 unspecified atom stereocenters. The van der Waals surface area contributed by atoms with Crippen molar-refractivity contribution in [2.24, 2.45) is 5.41 Å². The molecule has 3 heterocycles. The molecule has 0 bridgehead atoms.